The van der Waals surface area contributed by atoms with Gasteiger partial charge in [-0.25, -0.2) is 18.7 Å². The Morgan fingerprint density at radius 3 is 2.49 bits per heavy atom. The third kappa shape index (κ3) is 3.96. The van der Waals surface area contributed by atoms with Gasteiger partial charge in [-0.1, -0.05) is 12.1 Å². The largest absolute Gasteiger partial charge is 0.443 e. The van der Waals surface area contributed by atoms with Crippen molar-refractivity contribution in [1.29, 1.82) is 0 Å². The molecule has 0 bridgehead atoms. The zero-order valence-corrected chi connectivity index (χ0v) is 22.2. The number of rotatable bonds is 2. The van der Waals surface area contributed by atoms with Crippen molar-refractivity contribution in [1.82, 2.24) is 20.0 Å². The molecule has 39 heavy (non-hydrogen) atoms. The number of fused-ring (bicyclic) bond motifs is 1. The number of carbonyl (C=O) groups is 2. The number of nitrogens with one attached hydrogen (secondary N) is 1. The molecule has 1 aromatic heterocycles. The molecular formula is C27H25F2N5O4S. The zero-order chi connectivity index (χ0) is 27.8. The molecule has 0 aliphatic carbocycles. The molecule has 12 heteroatoms. The van der Waals surface area contributed by atoms with E-state index in [9.17, 15) is 23.2 Å². The molecule has 0 radical (unpaired) electrons. The number of H-pyrrole nitrogens is 1. The lowest BCUT2D eigenvalue weighted by Gasteiger charge is -2.44. The van der Waals surface area contributed by atoms with Crippen molar-refractivity contribution < 1.29 is 23.1 Å². The van der Waals surface area contributed by atoms with Crippen molar-refractivity contribution in [3.05, 3.63) is 69.6 Å². The molecule has 4 heterocycles. The number of thiocarbonyl (C=S) groups is 1. The Bertz CT molecular complexity index is 1580. The van der Waals surface area contributed by atoms with Gasteiger partial charge in [0.1, 0.15) is 29.3 Å². The molecule has 2 unspecified atom stereocenters. The van der Waals surface area contributed by atoms with Crippen LogP contribution >= 0.6 is 12.2 Å². The van der Waals surface area contributed by atoms with Gasteiger partial charge < -0.3 is 9.64 Å². The fourth-order valence-corrected chi connectivity index (χ4v) is 6.21. The molecule has 202 valence electrons. The lowest BCUT2D eigenvalue weighted by atomic mass is 9.86. The highest BCUT2D eigenvalue weighted by Gasteiger charge is 2.54. The van der Waals surface area contributed by atoms with Crippen LogP contribution in [0.4, 0.5) is 19.3 Å². The summed E-state index contributed by atoms with van der Waals surface area (Å²) in [5.41, 5.74) is -0.859. The van der Waals surface area contributed by atoms with Crippen LogP contribution in [0.15, 0.2) is 41.2 Å². The van der Waals surface area contributed by atoms with E-state index in [2.05, 4.69) is 10.2 Å². The maximum atomic E-state index is 15.0. The maximum absolute atomic E-state index is 15.0. The average Bonchev–Trinajstić information content (AvgIpc) is 3.43. The van der Waals surface area contributed by atoms with E-state index in [0.717, 1.165) is 18.6 Å². The summed E-state index contributed by atoms with van der Waals surface area (Å²) in [6.45, 7) is 5.67. The van der Waals surface area contributed by atoms with E-state index in [0.29, 0.717) is 18.5 Å². The molecule has 9 nitrogen and oxygen atoms in total. The second kappa shape index (κ2) is 8.80. The number of aromatic amines is 1. The summed E-state index contributed by atoms with van der Waals surface area (Å²) in [6.07, 6.45) is 0.594. The third-order valence-corrected chi connectivity index (χ3v) is 7.72. The van der Waals surface area contributed by atoms with Crippen molar-refractivity contribution in [2.75, 3.05) is 11.4 Å². The van der Waals surface area contributed by atoms with Gasteiger partial charge in [0.15, 0.2) is 5.11 Å². The van der Waals surface area contributed by atoms with Gasteiger partial charge in [0.2, 0.25) is 0 Å². The molecule has 0 spiro atoms. The Labute approximate surface area is 227 Å². The Balaban J connectivity index is 1.67. The lowest BCUT2D eigenvalue weighted by molar-refractivity contribution is -0.129. The molecule has 3 aliphatic rings. The zero-order valence-electron chi connectivity index (χ0n) is 21.4. The van der Waals surface area contributed by atoms with Crippen LogP contribution in [-0.4, -0.2) is 55.3 Å². The van der Waals surface area contributed by atoms with Crippen molar-refractivity contribution in [2.45, 2.75) is 57.3 Å². The summed E-state index contributed by atoms with van der Waals surface area (Å²) < 4.78 is 34.7. The molecule has 1 N–H and O–H groups in total. The first-order chi connectivity index (χ1) is 18.5. The van der Waals surface area contributed by atoms with Gasteiger partial charge in [-0.05, 0) is 75.7 Å². The Kier molecular flexibility index (Phi) is 5.72. The van der Waals surface area contributed by atoms with Crippen LogP contribution in [0.1, 0.15) is 57.0 Å². The standard InChI is InChI=1S/C27H25F2N5O4S/c1-27(2,3)38-26(37)33-18-12-15(29)11-16-19(18)20(30-31-23(16)35)22(21(33)13-6-8-14(28)9-7-13)34-24(36)17-5-4-10-32(17)25(34)39/h6-9,11-12,17,21-22H,4-5,10H2,1-3H3,(H,31,35)/t17-,21?,22?/m0/s1. The first-order valence-electron chi connectivity index (χ1n) is 12.6. The summed E-state index contributed by atoms with van der Waals surface area (Å²) in [5.74, 6) is -1.51. The predicted molar refractivity (Wildman–Crippen MR) is 142 cm³/mol. The molecule has 0 saturated carbocycles. The van der Waals surface area contributed by atoms with E-state index in [-0.39, 0.29) is 33.2 Å². The summed E-state index contributed by atoms with van der Waals surface area (Å²) in [4.78, 5) is 45.0. The Morgan fingerprint density at radius 2 is 1.82 bits per heavy atom. The minimum absolute atomic E-state index is 0.0378. The van der Waals surface area contributed by atoms with Gasteiger partial charge in [-0.15, -0.1) is 0 Å². The first kappa shape index (κ1) is 25.4. The van der Waals surface area contributed by atoms with Crippen LogP contribution in [0.5, 0.6) is 0 Å². The monoisotopic (exact) mass is 553 g/mol. The van der Waals surface area contributed by atoms with Crippen LogP contribution in [-0.2, 0) is 9.53 Å². The molecule has 2 amide bonds. The second-order valence-electron chi connectivity index (χ2n) is 10.9. The fourth-order valence-electron chi connectivity index (χ4n) is 5.79. The number of ether oxygens (including phenoxy) is 1. The van der Waals surface area contributed by atoms with Crippen LogP contribution in [0.25, 0.3) is 10.8 Å². The van der Waals surface area contributed by atoms with Crippen LogP contribution < -0.4 is 10.5 Å². The van der Waals surface area contributed by atoms with E-state index >= 15 is 0 Å². The van der Waals surface area contributed by atoms with Crippen molar-refractivity contribution in [3.63, 3.8) is 0 Å². The van der Waals surface area contributed by atoms with Gasteiger partial charge in [-0.3, -0.25) is 19.4 Å². The number of benzene rings is 2. The fraction of sp³-hybridized carbons (Fsp3) is 0.370. The lowest BCUT2D eigenvalue weighted by Crippen LogP contribution is -2.50. The summed E-state index contributed by atoms with van der Waals surface area (Å²) in [5, 5.41) is 7.19. The number of hydrogen-bond donors (Lipinski definition) is 1. The average molecular weight is 554 g/mol. The molecule has 3 aliphatic heterocycles. The van der Waals surface area contributed by atoms with E-state index in [1.807, 2.05) is 4.90 Å². The molecule has 6 rings (SSSR count). The van der Waals surface area contributed by atoms with Gasteiger partial charge in [0.25, 0.3) is 11.5 Å². The van der Waals surface area contributed by atoms with E-state index < -0.39 is 47.0 Å². The quantitative estimate of drug-likeness (QED) is 0.472. The van der Waals surface area contributed by atoms with E-state index in [1.165, 1.54) is 34.1 Å². The maximum Gasteiger partial charge on any atom is 0.415 e. The van der Waals surface area contributed by atoms with Gasteiger partial charge in [-0.2, -0.15) is 5.10 Å². The highest BCUT2D eigenvalue weighted by Crippen LogP contribution is 2.51. The molecule has 2 fully saturated rings. The summed E-state index contributed by atoms with van der Waals surface area (Å²) in [6, 6.07) is 5.13. The van der Waals surface area contributed by atoms with Crippen LogP contribution in [0, 0.1) is 11.6 Å². The van der Waals surface area contributed by atoms with E-state index in [1.54, 1.807) is 20.8 Å². The van der Waals surface area contributed by atoms with Crippen molar-refractivity contribution in [2.24, 2.45) is 0 Å². The SMILES string of the molecule is CC(C)(C)OC(=O)N1c2cc(F)cc3c(=O)[nH]nc(c23)C(N2C(=O)[C@@H]3CCCN3C2=S)C1c1ccc(F)cc1. The molecule has 3 aromatic rings. The minimum Gasteiger partial charge on any atom is -0.443 e. The smallest absolute Gasteiger partial charge is 0.415 e. The Hall–Kier alpha value is -3.93. The molecule has 3 atom stereocenters. The molecule has 2 aromatic carbocycles. The highest BCUT2D eigenvalue weighted by molar-refractivity contribution is 7.80. The second-order valence-corrected chi connectivity index (χ2v) is 11.3. The number of amides is 2. The third-order valence-electron chi connectivity index (χ3n) is 7.28. The van der Waals surface area contributed by atoms with Gasteiger partial charge >= 0.3 is 6.09 Å². The van der Waals surface area contributed by atoms with Gasteiger partial charge in [0.05, 0.1) is 22.8 Å². The summed E-state index contributed by atoms with van der Waals surface area (Å²) >= 11 is 5.78. The van der Waals surface area contributed by atoms with Gasteiger partial charge in [0, 0.05) is 11.9 Å². The number of anilines is 1. The van der Waals surface area contributed by atoms with E-state index in [4.69, 9.17) is 17.0 Å². The number of nitrogens with zero attached hydrogens (tertiary/aromatic N) is 4. The highest BCUT2D eigenvalue weighted by atomic mass is 32.1. The van der Waals surface area contributed by atoms with Crippen molar-refractivity contribution in [3.8, 4) is 0 Å². The minimum atomic E-state index is -1.04. The summed E-state index contributed by atoms with van der Waals surface area (Å²) in [7, 11) is 0. The topological polar surface area (TPSA) is 98.8 Å². The van der Waals surface area contributed by atoms with Crippen LogP contribution in [0.2, 0.25) is 0 Å². The molecular weight excluding hydrogens is 528 g/mol. The number of halogens is 2. The predicted octanol–water partition coefficient (Wildman–Crippen LogP) is 4.33. The number of hydrogen-bond acceptors (Lipinski definition) is 6. The van der Waals surface area contributed by atoms with Crippen molar-refractivity contribution >= 4 is 45.8 Å². The normalized spacial score (nSPS) is 22.6. The number of aromatic nitrogens is 2. The van der Waals surface area contributed by atoms with Crippen LogP contribution in [0.3, 0.4) is 0 Å². The number of carbonyl (C=O) groups excluding carboxylic acids is 2. The Morgan fingerprint density at radius 1 is 1.10 bits per heavy atom. The first-order valence-corrected chi connectivity index (χ1v) is 13.0. The molecule has 2 saturated heterocycles.